The highest BCUT2D eigenvalue weighted by Gasteiger charge is 2.35. The normalized spacial score (nSPS) is 15.4. The zero-order valence-corrected chi connectivity index (χ0v) is 17.5. The number of nitrogens with one attached hydrogen (secondary N) is 1. The van der Waals surface area contributed by atoms with Crippen LogP contribution in [0.1, 0.15) is 29.9 Å². The van der Waals surface area contributed by atoms with Crippen LogP contribution in [0.25, 0.3) is 11.1 Å². The van der Waals surface area contributed by atoms with Crippen LogP contribution in [0.3, 0.4) is 0 Å². The van der Waals surface area contributed by atoms with Gasteiger partial charge < -0.3 is 9.80 Å². The first-order chi connectivity index (χ1) is 14.4. The smallest absolute Gasteiger partial charge is 0.191 e. The van der Waals surface area contributed by atoms with Crippen LogP contribution in [0.4, 0.5) is 10.2 Å². The monoisotopic (exact) mass is 407 g/mol. The molecule has 6 nitrogen and oxygen atoms in total. The Morgan fingerprint density at radius 1 is 1.03 bits per heavy atom. The number of halogens is 1. The number of rotatable bonds is 5. The molecule has 4 rings (SSSR count). The van der Waals surface area contributed by atoms with Crippen LogP contribution < -0.4 is 4.90 Å². The lowest BCUT2D eigenvalue weighted by Gasteiger charge is -2.33. The quantitative estimate of drug-likeness (QED) is 0.656. The highest BCUT2D eigenvalue weighted by Crippen LogP contribution is 2.37. The molecule has 1 aliphatic heterocycles. The van der Waals surface area contributed by atoms with Gasteiger partial charge in [-0.2, -0.15) is 5.10 Å². The van der Waals surface area contributed by atoms with Crippen molar-refractivity contribution in [3.05, 3.63) is 65.9 Å². The number of nitrogens with zero attached hydrogens (tertiary/aromatic N) is 4. The molecule has 0 unspecified atom stereocenters. The molecule has 30 heavy (non-hydrogen) atoms. The van der Waals surface area contributed by atoms with E-state index in [4.69, 9.17) is 0 Å². The summed E-state index contributed by atoms with van der Waals surface area (Å²) < 4.78 is 13.4. The Bertz CT molecular complexity index is 1020. The number of hydrogen-bond donors (Lipinski definition) is 1. The third kappa shape index (κ3) is 3.73. The lowest BCUT2D eigenvalue weighted by Crippen LogP contribution is -2.44. The molecule has 0 saturated carbocycles. The third-order valence-corrected chi connectivity index (χ3v) is 5.88. The van der Waals surface area contributed by atoms with Gasteiger partial charge in [0.05, 0.1) is 11.0 Å². The van der Waals surface area contributed by atoms with E-state index in [2.05, 4.69) is 32.0 Å². The van der Waals surface area contributed by atoms with Gasteiger partial charge in [-0.1, -0.05) is 12.1 Å². The molecule has 0 aliphatic carbocycles. The number of Topliss-reactive ketones (excluding diaryl/α,β-unsaturated/α-hetero) is 1. The topological polar surface area (TPSA) is 65.1 Å². The van der Waals surface area contributed by atoms with E-state index in [9.17, 15) is 9.18 Å². The largest absolute Gasteiger partial charge is 0.352 e. The van der Waals surface area contributed by atoms with Crippen molar-refractivity contribution in [2.45, 2.75) is 19.3 Å². The van der Waals surface area contributed by atoms with Gasteiger partial charge in [-0.15, -0.1) is 0 Å². The summed E-state index contributed by atoms with van der Waals surface area (Å²) >= 11 is 0. The number of piperazine rings is 1. The summed E-state index contributed by atoms with van der Waals surface area (Å²) in [6, 6.07) is 9.89. The van der Waals surface area contributed by atoms with E-state index < -0.39 is 5.41 Å². The van der Waals surface area contributed by atoms with Crippen LogP contribution in [0.2, 0.25) is 0 Å². The molecule has 7 heteroatoms. The molecule has 0 spiro atoms. The van der Waals surface area contributed by atoms with Crippen LogP contribution in [-0.4, -0.2) is 59.1 Å². The van der Waals surface area contributed by atoms with Crippen molar-refractivity contribution < 1.29 is 9.18 Å². The van der Waals surface area contributed by atoms with Gasteiger partial charge in [0.15, 0.2) is 11.6 Å². The van der Waals surface area contributed by atoms with Gasteiger partial charge in [0.1, 0.15) is 11.5 Å². The van der Waals surface area contributed by atoms with E-state index in [1.165, 1.54) is 12.1 Å². The van der Waals surface area contributed by atoms with Crippen LogP contribution >= 0.6 is 0 Å². The maximum Gasteiger partial charge on any atom is 0.191 e. The van der Waals surface area contributed by atoms with Crippen LogP contribution in [0.15, 0.2) is 48.8 Å². The molecule has 3 aromatic rings. The summed E-state index contributed by atoms with van der Waals surface area (Å²) in [6.45, 7) is 7.27. The van der Waals surface area contributed by atoms with Crippen molar-refractivity contribution in [2.75, 3.05) is 38.1 Å². The fourth-order valence-electron chi connectivity index (χ4n) is 3.85. The number of aromatic nitrogens is 3. The number of ketones is 1. The second kappa shape index (κ2) is 7.99. The van der Waals surface area contributed by atoms with E-state index in [-0.39, 0.29) is 11.6 Å². The predicted octanol–water partition coefficient (Wildman–Crippen LogP) is 3.52. The van der Waals surface area contributed by atoms with Gasteiger partial charge in [0, 0.05) is 38.6 Å². The first kappa shape index (κ1) is 20.2. The first-order valence-corrected chi connectivity index (χ1v) is 10.1. The molecule has 0 bridgehead atoms. The summed E-state index contributed by atoms with van der Waals surface area (Å²) in [5, 5.41) is 7.58. The number of aromatic amines is 1. The molecular formula is C23H26FN5O. The van der Waals surface area contributed by atoms with E-state index in [0.717, 1.165) is 48.7 Å². The average molecular weight is 407 g/mol. The number of benzene rings is 1. The van der Waals surface area contributed by atoms with Crippen molar-refractivity contribution in [1.29, 1.82) is 0 Å². The molecular weight excluding hydrogens is 381 g/mol. The Morgan fingerprint density at radius 3 is 2.30 bits per heavy atom. The van der Waals surface area contributed by atoms with Crippen molar-refractivity contribution in [3.63, 3.8) is 0 Å². The molecule has 3 heterocycles. The number of pyridine rings is 1. The minimum Gasteiger partial charge on any atom is -0.352 e. The standard InChI is InChI=1S/C23H26FN5O/c1-23(2,17-4-6-18(24)7-5-17)21(30)20-19(16-8-10-25-11-9-16)22(27-26-20)29-14-12-28(3)13-15-29/h4-11H,12-15H2,1-3H3,(H,26,27). The highest BCUT2D eigenvalue weighted by molar-refractivity contribution is 6.08. The molecule has 0 atom stereocenters. The van der Waals surface area contributed by atoms with Gasteiger partial charge in [0.25, 0.3) is 0 Å². The lowest BCUT2D eigenvalue weighted by molar-refractivity contribution is 0.0904. The van der Waals surface area contributed by atoms with E-state index >= 15 is 0 Å². The van der Waals surface area contributed by atoms with Crippen molar-refractivity contribution in [1.82, 2.24) is 20.1 Å². The molecule has 1 aromatic carbocycles. The third-order valence-electron chi connectivity index (χ3n) is 5.88. The number of carbonyl (C=O) groups is 1. The molecule has 1 aliphatic rings. The van der Waals surface area contributed by atoms with Crippen LogP contribution in [0.5, 0.6) is 0 Å². The fourth-order valence-corrected chi connectivity index (χ4v) is 3.85. The summed E-state index contributed by atoms with van der Waals surface area (Å²) in [5.41, 5.74) is 2.06. The summed E-state index contributed by atoms with van der Waals surface area (Å²) in [6.07, 6.45) is 3.44. The van der Waals surface area contributed by atoms with Gasteiger partial charge >= 0.3 is 0 Å². The zero-order chi connectivity index (χ0) is 21.3. The molecule has 1 fully saturated rings. The molecule has 2 aromatic heterocycles. The maximum absolute atomic E-state index is 13.7. The Hall–Kier alpha value is -3.06. The fraction of sp³-hybridized carbons (Fsp3) is 0.348. The van der Waals surface area contributed by atoms with Crippen LogP contribution in [0, 0.1) is 5.82 Å². The SMILES string of the molecule is CN1CCN(c2n[nH]c(C(=O)C(C)(C)c3ccc(F)cc3)c2-c2ccncc2)CC1. The number of anilines is 1. The van der Waals surface area contributed by atoms with Gasteiger partial charge in [-0.25, -0.2) is 4.39 Å². The molecule has 156 valence electrons. The molecule has 1 saturated heterocycles. The Labute approximate surface area is 175 Å². The van der Waals surface area contributed by atoms with E-state index in [0.29, 0.717) is 5.69 Å². The number of H-pyrrole nitrogens is 1. The van der Waals surface area contributed by atoms with Gasteiger partial charge in [-0.3, -0.25) is 14.9 Å². The minimum absolute atomic E-state index is 0.0891. The van der Waals surface area contributed by atoms with Crippen molar-refractivity contribution in [2.24, 2.45) is 0 Å². The Balaban J connectivity index is 1.78. The second-order valence-corrected chi connectivity index (χ2v) is 8.28. The lowest BCUT2D eigenvalue weighted by atomic mass is 9.78. The number of hydrogen-bond acceptors (Lipinski definition) is 5. The van der Waals surface area contributed by atoms with E-state index in [1.54, 1.807) is 24.5 Å². The summed E-state index contributed by atoms with van der Waals surface area (Å²) in [5.74, 6) is 0.375. The summed E-state index contributed by atoms with van der Waals surface area (Å²) in [4.78, 5) is 22.3. The number of likely N-dealkylation sites (N-methyl/N-ethyl adjacent to an activating group) is 1. The average Bonchev–Trinajstić information content (AvgIpc) is 3.19. The van der Waals surface area contributed by atoms with Crippen LogP contribution in [-0.2, 0) is 5.41 Å². The van der Waals surface area contributed by atoms with Crippen molar-refractivity contribution >= 4 is 11.6 Å². The summed E-state index contributed by atoms with van der Waals surface area (Å²) in [7, 11) is 2.10. The number of carbonyl (C=O) groups excluding carboxylic acids is 1. The maximum atomic E-state index is 13.7. The molecule has 0 radical (unpaired) electrons. The molecule has 1 N–H and O–H groups in total. The van der Waals surface area contributed by atoms with Gasteiger partial charge in [-0.05, 0) is 56.3 Å². The second-order valence-electron chi connectivity index (χ2n) is 8.28. The predicted molar refractivity (Wildman–Crippen MR) is 115 cm³/mol. The zero-order valence-electron chi connectivity index (χ0n) is 17.5. The Morgan fingerprint density at radius 2 is 1.67 bits per heavy atom. The van der Waals surface area contributed by atoms with Crippen molar-refractivity contribution in [3.8, 4) is 11.1 Å². The highest BCUT2D eigenvalue weighted by atomic mass is 19.1. The van der Waals surface area contributed by atoms with Gasteiger partial charge in [0.2, 0.25) is 0 Å². The first-order valence-electron chi connectivity index (χ1n) is 10.1. The minimum atomic E-state index is -0.846. The van der Waals surface area contributed by atoms with E-state index in [1.807, 2.05) is 26.0 Å². The Kier molecular flexibility index (Phi) is 5.39. The molecule has 0 amide bonds.